The molecule has 1 fully saturated rings. The van der Waals surface area contributed by atoms with E-state index in [4.69, 9.17) is 10.5 Å². The van der Waals surface area contributed by atoms with Crippen molar-refractivity contribution in [3.63, 3.8) is 0 Å². The molecule has 0 bridgehead atoms. The summed E-state index contributed by atoms with van der Waals surface area (Å²) in [4.78, 5) is 0. The summed E-state index contributed by atoms with van der Waals surface area (Å²) in [5.41, 5.74) is 5.44. The molecule has 3 nitrogen and oxygen atoms in total. The monoisotopic (exact) mass is 191 g/mol. The lowest BCUT2D eigenvalue weighted by Crippen LogP contribution is -2.40. The van der Waals surface area contributed by atoms with E-state index < -0.39 is 10.8 Å². The average molecular weight is 191 g/mol. The van der Waals surface area contributed by atoms with Crippen LogP contribution >= 0.6 is 0 Å². The van der Waals surface area contributed by atoms with Gasteiger partial charge in [-0.25, -0.2) is 0 Å². The van der Waals surface area contributed by atoms with Crippen molar-refractivity contribution in [3.8, 4) is 0 Å². The lowest BCUT2D eigenvalue weighted by molar-refractivity contribution is 0.198. The van der Waals surface area contributed by atoms with Crippen LogP contribution in [0.5, 0.6) is 0 Å². The second-order valence-corrected chi connectivity index (χ2v) is 5.72. The minimum atomic E-state index is -0.815. The van der Waals surface area contributed by atoms with Gasteiger partial charge in [-0.1, -0.05) is 0 Å². The van der Waals surface area contributed by atoms with E-state index in [1.165, 1.54) is 0 Å². The minimum absolute atomic E-state index is 0.216. The first kappa shape index (κ1) is 10.2. The van der Waals surface area contributed by atoms with E-state index in [1.54, 1.807) is 0 Å². The molecule has 1 heterocycles. The molecule has 0 saturated carbocycles. The van der Waals surface area contributed by atoms with Crippen molar-refractivity contribution in [1.82, 2.24) is 0 Å². The van der Waals surface area contributed by atoms with Crippen LogP contribution in [0.4, 0.5) is 0 Å². The predicted molar refractivity (Wildman–Crippen MR) is 50.5 cm³/mol. The molecule has 0 aromatic rings. The molecule has 1 rings (SSSR count). The van der Waals surface area contributed by atoms with Crippen molar-refractivity contribution in [1.29, 1.82) is 0 Å². The standard InChI is InChI=1S/C8H17NO2S/c1-8(2,9)6-12(10)7-3-4-11-5-7/h7H,3-6,9H2,1-2H3. The third-order valence-electron chi connectivity index (χ3n) is 1.77. The SMILES string of the molecule is CC(C)(N)CS(=O)C1CCOC1. The zero-order chi connectivity index (χ0) is 9.19. The maximum atomic E-state index is 11.6. The third kappa shape index (κ3) is 3.21. The number of rotatable bonds is 3. The summed E-state index contributed by atoms with van der Waals surface area (Å²) >= 11 is 0. The fourth-order valence-electron chi connectivity index (χ4n) is 1.20. The number of hydrogen-bond acceptors (Lipinski definition) is 3. The van der Waals surface area contributed by atoms with Gasteiger partial charge < -0.3 is 10.5 Å². The van der Waals surface area contributed by atoms with Gasteiger partial charge in [-0.2, -0.15) is 0 Å². The van der Waals surface area contributed by atoms with Crippen LogP contribution in [0.1, 0.15) is 20.3 Å². The summed E-state index contributed by atoms with van der Waals surface area (Å²) in [6, 6.07) is 0. The van der Waals surface area contributed by atoms with Crippen LogP contribution in [0.25, 0.3) is 0 Å². The molecule has 2 unspecified atom stereocenters. The summed E-state index contributed by atoms with van der Waals surface area (Å²) < 4.78 is 16.8. The number of nitrogens with two attached hydrogens (primary N) is 1. The number of hydrogen-bond donors (Lipinski definition) is 1. The molecule has 4 heteroatoms. The molecule has 12 heavy (non-hydrogen) atoms. The Kier molecular flexibility index (Phi) is 3.26. The van der Waals surface area contributed by atoms with Crippen molar-refractivity contribution in [2.45, 2.75) is 31.1 Å². The Morgan fingerprint density at radius 3 is 2.75 bits per heavy atom. The highest BCUT2D eigenvalue weighted by molar-refractivity contribution is 7.85. The van der Waals surface area contributed by atoms with E-state index >= 15 is 0 Å². The van der Waals surface area contributed by atoms with E-state index in [9.17, 15) is 4.21 Å². The summed E-state index contributed by atoms with van der Waals surface area (Å²) in [5, 5.41) is 0.216. The summed E-state index contributed by atoms with van der Waals surface area (Å²) in [7, 11) is -0.815. The van der Waals surface area contributed by atoms with Crippen molar-refractivity contribution < 1.29 is 8.95 Å². The first-order valence-electron chi connectivity index (χ1n) is 4.23. The highest BCUT2D eigenvalue weighted by Crippen LogP contribution is 2.13. The molecule has 1 aliphatic heterocycles. The molecule has 2 atom stereocenters. The lowest BCUT2D eigenvalue weighted by atomic mass is 10.1. The van der Waals surface area contributed by atoms with Crippen LogP contribution in [-0.2, 0) is 15.5 Å². The molecule has 0 aromatic heterocycles. The van der Waals surface area contributed by atoms with Gasteiger partial charge in [0, 0.05) is 28.7 Å². The largest absolute Gasteiger partial charge is 0.380 e. The molecular formula is C8H17NO2S. The van der Waals surface area contributed by atoms with E-state index in [0.29, 0.717) is 12.4 Å². The quantitative estimate of drug-likeness (QED) is 0.696. The zero-order valence-electron chi connectivity index (χ0n) is 7.71. The van der Waals surface area contributed by atoms with Gasteiger partial charge in [0.25, 0.3) is 0 Å². The highest BCUT2D eigenvalue weighted by Gasteiger charge is 2.25. The Morgan fingerprint density at radius 1 is 1.67 bits per heavy atom. The van der Waals surface area contributed by atoms with Crippen LogP contribution in [0.2, 0.25) is 0 Å². The Morgan fingerprint density at radius 2 is 2.33 bits per heavy atom. The van der Waals surface area contributed by atoms with Crippen LogP contribution in [0.15, 0.2) is 0 Å². The van der Waals surface area contributed by atoms with Gasteiger partial charge in [0.1, 0.15) is 0 Å². The van der Waals surface area contributed by atoms with E-state index in [-0.39, 0.29) is 10.8 Å². The lowest BCUT2D eigenvalue weighted by Gasteiger charge is -2.19. The topological polar surface area (TPSA) is 52.3 Å². The molecule has 1 saturated heterocycles. The Hall–Kier alpha value is 0.0700. The molecule has 1 aliphatic rings. The Bertz CT molecular complexity index is 170. The Labute approximate surface area is 76.1 Å². The smallest absolute Gasteiger partial charge is 0.0610 e. The minimum Gasteiger partial charge on any atom is -0.380 e. The van der Waals surface area contributed by atoms with E-state index in [2.05, 4.69) is 0 Å². The van der Waals surface area contributed by atoms with E-state index in [1.807, 2.05) is 13.8 Å². The fraction of sp³-hybridized carbons (Fsp3) is 1.00. The molecule has 0 spiro atoms. The van der Waals surface area contributed by atoms with E-state index in [0.717, 1.165) is 13.0 Å². The van der Waals surface area contributed by atoms with Crippen molar-refractivity contribution in [2.75, 3.05) is 19.0 Å². The molecular weight excluding hydrogens is 174 g/mol. The van der Waals surface area contributed by atoms with Gasteiger partial charge in [-0.15, -0.1) is 0 Å². The average Bonchev–Trinajstić information content (AvgIpc) is 2.32. The van der Waals surface area contributed by atoms with Crippen LogP contribution in [0, 0.1) is 0 Å². The molecule has 0 amide bonds. The van der Waals surface area contributed by atoms with Crippen LogP contribution in [0.3, 0.4) is 0 Å². The maximum absolute atomic E-state index is 11.6. The summed E-state index contributed by atoms with van der Waals surface area (Å²) in [6.07, 6.45) is 0.919. The summed E-state index contributed by atoms with van der Waals surface area (Å²) in [6.45, 7) is 5.20. The maximum Gasteiger partial charge on any atom is 0.0610 e. The van der Waals surface area contributed by atoms with Crippen molar-refractivity contribution in [2.24, 2.45) is 5.73 Å². The van der Waals surface area contributed by atoms with Gasteiger partial charge in [-0.3, -0.25) is 4.21 Å². The molecule has 0 radical (unpaired) electrons. The second kappa shape index (κ2) is 3.85. The first-order valence-corrected chi connectivity index (χ1v) is 5.61. The van der Waals surface area contributed by atoms with Crippen molar-refractivity contribution in [3.05, 3.63) is 0 Å². The molecule has 2 N–H and O–H groups in total. The van der Waals surface area contributed by atoms with Gasteiger partial charge >= 0.3 is 0 Å². The van der Waals surface area contributed by atoms with Crippen molar-refractivity contribution >= 4 is 10.8 Å². The van der Waals surface area contributed by atoms with Gasteiger partial charge in [0.15, 0.2) is 0 Å². The molecule has 0 aliphatic carbocycles. The fourth-order valence-corrected chi connectivity index (χ4v) is 2.78. The van der Waals surface area contributed by atoms with Crippen LogP contribution in [-0.4, -0.2) is 34.0 Å². The Balaban J connectivity index is 2.37. The summed E-state index contributed by atoms with van der Waals surface area (Å²) in [5.74, 6) is 0.570. The second-order valence-electron chi connectivity index (χ2n) is 4.00. The third-order valence-corrected chi connectivity index (χ3v) is 3.92. The first-order chi connectivity index (χ1) is 5.49. The normalized spacial score (nSPS) is 27.4. The highest BCUT2D eigenvalue weighted by atomic mass is 32.2. The molecule has 72 valence electrons. The van der Waals surface area contributed by atoms with Gasteiger partial charge in [0.05, 0.1) is 11.9 Å². The number of ether oxygens (including phenoxy) is 1. The zero-order valence-corrected chi connectivity index (χ0v) is 8.52. The molecule has 0 aromatic carbocycles. The van der Waals surface area contributed by atoms with Gasteiger partial charge in [-0.05, 0) is 20.3 Å². The predicted octanol–water partition coefficient (Wildman–Crippen LogP) is 0.261. The van der Waals surface area contributed by atoms with Gasteiger partial charge in [0.2, 0.25) is 0 Å². The van der Waals surface area contributed by atoms with Crippen LogP contribution < -0.4 is 5.73 Å².